The quantitative estimate of drug-likeness (QED) is 0.557. The molecule has 12 heavy (non-hydrogen) atoms. The topological polar surface area (TPSA) is 78.4 Å². The molecule has 5 heteroatoms. The van der Waals surface area contributed by atoms with Crippen LogP contribution in [0.15, 0.2) is 0 Å². The lowest BCUT2D eigenvalue weighted by Crippen LogP contribution is -2.45. The maximum absolute atomic E-state index is 10.9. The van der Waals surface area contributed by atoms with Gasteiger partial charge in [-0.05, 0) is 19.8 Å². The van der Waals surface area contributed by atoms with Crippen molar-refractivity contribution in [1.82, 2.24) is 10.6 Å². The molecule has 5 nitrogen and oxygen atoms in total. The number of rotatable bonds is 3. The molecule has 0 radical (unpaired) electrons. The molecule has 0 aromatic heterocycles. The first-order valence-corrected chi connectivity index (χ1v) is 3.89. The molecule has 0 aromatic carbocycles. The van der Waals surface area contributed by atoms with E-state index in [1.807, 2.05) is 0 Å². The fourth-order valence-electron chi connectivity index (χ4n) is 0.713. The third-order valence-corrected chi connectivity index (χ3v) is 1.63. The monoisotopic (exact) mass is 172 g/mol. The zero-order valence-corrected chi connectivity index (χ0v) is 6.83. The van der Waals surface area contributed by atoms with Gasteiger partial charge in [0, 0.05) is 6.04 Å². The minimum Gasteiger partial charge on any atom is -0.480 e. The summed E-state index contributed by atoms with van der Waals surface area (Å²) in [6.45, 7) is 1.43. The lowest BCUT2D eigenvalue weighted by atomic mass is 10.3. The minimum absolute atomic E-state index is 0.256. The van der Waals surface area contributed by atoms with E-state index in [1.165, 1.54) is 6.92 Å². The Morgan fingerprint density at radius 3 is 2.50 bits per heavy atom. The van der Waals surface area contributed by atoms with Gasteiger partial charge in [-0.2, -0.15) is 0 Å². The van der Waals surface area contributed by atoms with Gasteiger partial charge in [0.05, 0.1) is 0 Å². The van der Waals surface area contributed by atoms with Crippen LogP contribution in [-0.4, -0.2) is 29.2 Å². The van der Waals surface area contributed by atoms with Crippen molar-refractivity contribution in [2.24, 2.45) is 0 Å². The Morgan fingerprint density at radius 1 is 1.50 bits per heavy atom. The maximum Gasteiger partial charge on any atom is 0.325 e. The normalized spacial score (nSPS) is 18.1. The highest BCUT2D eigenvalue weighted by molar-refractivity contribution is 5.82. The van der Waals surface area contributed by atoms with Crippen LogP contribution < -0.4 is 10.6 Å². The summed E-state index contributed by atoms with van der Waals surface area (Å²) in [6.07, 6.45) is 1.99. The van der Waals surface area contributed by atoms with E-state index in [-0.39, 0.29) is 6.04 Å². The molecule has 1 atom stereocenters. The number of nitrogens with one attached hydrogen (secondary N) is 2. The van der Waals surface area contributed by atoms with Crippen molar-refractivity contribution < 1.29 is 14.7 Å². The van der Waals surface area contributed by atoms with Crippen LogP contribution in [0.1, 0.15) is 19.8 Å². The van der Waals surface area contributed by atoms with Crippen molar-refractivity contribution in [3.05, 3.63) is 0 Å². The van der Waals surface area contributed by atoms with Crippen LogP contribution in [0, 0.1) is 0 Å². The Kier molecular flexibility index (Phi) is 2.52. The third kappa shape index (κ3) is 2.77. The van der Waals surface area contributed by atoms with Crippen LogP contribution in [0.5, 0.6) is 0 Å². The summed E-state index contributed by atoms with van der Waals surface area (Å²) in [6, 6.07) is -0.970. The Labute approximate surface area is 70.1 Å². The minimum atomic E-state index is -1.03. The summed E-state index contributed by atoms with van der Waals surface area (Å²) in [5.74, 6) is -1.03. The molecule has 0 aliphatic heterocycles. The zero-order valence-electron chi connectivity index (χ0n) is 6.83. The van der Waals surface area contributed by atoms with Gasteiger partial charge in [0.1, 0.15) is 6.04 Å². The molecule has 2 amide bonds. The number of carboxylic acid groups (broad SMARTS) is 1. The number of carboxylic acids is 1. The zero-order chi connectivity index (χ0) is 9.14. The molecule has 0 heterocycles. The molecule has 1 aliphatic rings. The summed E-state index contributed by atoms with van der Waals surface area (Å²) in [4.78, 5) is 21.2. The first kappa shape index (κ1) is 8.83. The summed E-state index contributed by atoms with van der Waals surface area (Å²) in [7, 11) is 0. The predicted octanol–water partition coefficient (Wildman–Crippen LogP) is -0.0789. The van der Waals surface area contributed by atoms with Crippen molar-refractivity contribution in [3.63, 3.8) is 0 Å². The van der Waals surface area contributed by atoms with E-state index in [2.05, 4.69) is 10.6 Å². The second-order valence-electron chi connectivity index (χ2n) is 2.95. The van der Waals surface area contributed by atoms with Crippen LogP contribution in [0.25, 0.3) is 0 Å². The van der Waals surface area contributed by atoms with Crippen LogP contribution in [-0.2, 0) is 4.79 Å². The van der Waals surface area contributed by atoms with Gasteiger partial charge in [-0.25, -0.2) is 4.79 Å². The second-order valence-corrected chi connectivity index (χ2v) is 2.95. The van der Waals surface area contributed by atoms with E-state index in [0.717, 1.165) is 12.8 Å². The van der Waals surface area contributed by atoms with E-state index in [1.54, 1.807) is 0 Å². The number of amides is 2. The van der Waals surface area contributed by atoms with E-state index in [4.69, 9.17) is 5.11 Å². The highest BCUT2D eigenvalue weighted by Crippen LogP contribution is 2.18. The molecule has 0 unspecified atom stereocenters. The summed E-state index contributed by atoms with van der Waals surface area (Å²) < 4.78 is 0. The molecule has 0 bridgehead atoms. The highest BCUT2D eigenvalue weighted by atomic mass is 16.4. The van der Waals surface area contributed by atoms with Crippen LogP contribution in [0.3, 0.4) is 0 Å². The van der Waals surface area contributed by atoms with Gasteiger partial charge in [0.15, 0.2) is 0 Å². The van der Waals surface area contributed by atoms with Gasteiger partial charge in [-0.1, -0.05) is 0 Å². The van der Waals surface area contributed by atoms with E-state index in [0.29, 0.717) is 0 Å². The molecule has 1 rings (SSSR count). The van der Waals surface area contributed by atoms with Crippen molar-refractivity contribution >= 4 is 12.0 Å². The fourth-order valence-corrected chi connectivity index (χ4v) is 0.713. The maximum atomic E-state index is 10.9. The molecular formula is C7H12N2O3. The van der Waals surface area contributed by atoms with Gasteiger partial charge in [0.2, 0.25) is 0 Å². The van der Waals surface area contributed by atoms with Gasteiger partial charge in [-0.15, -0.1) is 0 Å². The average Bonchev–Trinajstić information content (AvgIpc) is 2.71. The molecule has 0 aromatic rings. The largest absolute Gasteiger partial charge is 0.480 e. The fraction of sp³-hybridized carbons (Fsp3) is 0.714. The number of carbonyl (C=O) groups is 2. The first-order valence-electron chi connectivity index (χ1n) is 3.89. The number of carbonyl (C=O) groups excluding carboxylic acids is 1. The number of urea groups is 1. The molecule has 68 valence electrons. The van der Waals surface area contributed by atoms with Gasteiger partial charge in [0.25, 0.3) is 0 Å². The van der Waals surface area contributed by atoms with E-state index in [9.17, 15) is 9.59 Å². The number of aliphatic carboxylic acids is 1. The van der Waals surface area contributed by atoms with Gasteiger partial charge < -0.3 is 15.7 Å². The smallest absolute Gasteiger partial charge is 0.325 e. The van der Waals surface area contributed by atoms with Crippen molar-refractivity contribution in [2.75, 3.05) is 0 Å². The SMILES string of the molecule is C[C@H](NC(=O)NC1CC1)C(=O)O. The number of hydrogen-bond acceptors (Lipinski definition) is 2. The Morgan fingerprint density at radius 2 is 2.08 bits per heavy atom. The Bertz CT molecular complexity index is 201. The standard InChI is InChI=1S/C7H12N2O3/c1-4(6(10)11)8-7(12)9-5-2-3-5/h4-5H,2-3H2,1H3,(H,10,11)(H2,8,9,12)/t4-/m0/s1. The van der Waals surface area contributed by atoms with E-state index < -0.39 is 18.0 Å². The van der Waals surface area contributed by atoms with Gasteiger partial charge in [-0.3, -0.25) is 4.79 Å². The lowest BCUT2D eigenvalue weighted by molar-refractivity contribution is -0.138. The molecule has 1 saturated carbocycles. The van der Waals surface area contributed by atoms with Gasteiger partial charge >= 0.3 is 12.0 Å². The highest BCUT2D eigenvalue weighted by Gasteiger charge is 2.24. The molecule has 1 fully saturated rings. The first-order chi connectivity index (χ1) is 5.59. The molecule has 0 saturated heterocycles. The van der Waals surface area contributed by atoms with E-state index >= 15 is 0 Å². The summed E-state index contributed by atoms with van der Waals surface area (Å²) >= 11 is 0. The van der Waals surface area contributed by atoms with Crippen molar-refractivity contribution in [2.45, 2.75) is 31.8 Å². The molecular weight excluding hydrogens is 160 g/mol. The lowest BCUT2D eigenvalue weighted by Gasteiger charge is -2.09. The molecule has 3 N–H and O–H groups in total. The van der Waals surface area contributed by atoms with Crippen molar-refractivity contribution in [3.8, 4) is 0 Å². The number of hydrogen-bond donors (Lipinski definition) is 3. The Hall–Kier alpha value is -1.26. The summed E-state index contributed by atoms with van der Waals surface area (Å²) in [5, 5.41) is 13.4. The Balaban J connectivity index is 2.19. The second kappa shape index (κ2) is 3.42. The van der Waals surface area contributed by atoms with Crippen molar-refractivity contribution in [1.29, 1.82) is 0 Å². The molecule has 0 spiro atoms. The third-order valence-electron chi connectivity index (χ3n) is 1.63. The molecule has 1 aliphatic carbocycles. The average molecular weight is 172 g/mol. The van der Waals surface area contributed by atoms with Crippen LogP contribution in [0.2, 0.25) is 0 Å². The summed E-state index contributed by atoms with van der Waals surface area (Å²) in [5.41, 5.74) is 0. The van der Waals surface area contributed by atoms with Crippen LogP contribution >= 0.6 is 0 Å². The van der Waals surface area contributed by atoms with Crippen LogP contribution in [0.4, 0.5) is 4.79 Å². The predicted molar refractivity (Wildman–Crippen MR) is 41.8 cm³/mol.